The van der Waals surface area contributed by atoms with Gasteiger partial charge in [-0.25, -0.2) is 9.37 Å². The van der Waals surface area contributed by atoms with Crippen molar-refractivity contribution in [2.45, 2.75) is 34.3 Å². The molecule has 0 fully saturated rings. The van der Waals surface area contributed by atoms with Crippen LogP contribution in [0, 0.1) is 19.7 Å². The number of halogens is 1. The number of Topliss-reactive ketones (excluding diaryl/α,β-unsaturated/α-hetero) is 1. The number of aromatic nitrogens is 1. The van der Waals surface area contributed by atoms with Crippen molar-refractivity contribution in [3.05, 3.63) is 70.0 Å². The Kier molecular flexibility index (Phi) is 6.08. The van der Waals surface area contributed by atoms with Gasteiger partial charge in [0.1, 0.15) is 18.2 Å². The van der Waals surface area contributed by atoms with E-state index in [0.29, 0.717) is 16.6 Å². The highest BCUT2D eigenvalue weighted by Crippen LogP contribution is 2.31. The summed E-state index contributed by atoms with van der Waals surface area (Å²) in [5, 5.41) is 2.33. The predicted octanol–water partition coefficient (Wildman–Crippen LogP) is 5.37. The second-order valence-electron chi connectivity index (χ2n) is 6.73. The number of rotatable bonds is 6. The van der Waals surface area contributed by atoms with Crippen LogP contribution in [0.25, 0.3) is 0 Å². The van der Waals surface area contributed by atoms with Crippen LogP contribution in [0.2, 0.25) is 0 Å². The molecule has 0 radical (unpaired) electrons. The van der Waals surface area contributed by atoms with Crippen LogP contribution >= 0.6 is 11.3 Å². The number of amides is 1. The molecule has 0 saturated heterocycles. The van der Waals surface area contributed by atoms with Gasteiger partial charge in [0, 0.05) is 12.3 Å². The van der Waals surface area contributed by atoms with Gasteiger partial charge in [0.15, 0.2) is 10.9 Å². The van der Waals surface area contributed by atoms with Crippen LogP contribution in [0.15, 0.2) is 41.8 Å². The van der Waals surface area contributed by atoms with Gasteiger partial charge >= 0.3 is 0 Å². The molecule has 150 valence electrons. The maximum Gasteiger partial charge on any atom is 0.230 e. The molecule has 0 bridgehead atoms. The molecule has 0 saturated carbocycles. The van der Waals surface area contributed by atoms with Crippen molar-refractivity contribution in [2.75, 3.05) is 4.90 Å². The van der Waals surface area contributed by atoms with E-state index >= 15 is 0 Å². The zero-order valence-corrected chi connectivity index (χ0v) is 17.5. The lowest BCUT2D eigenvalue weighted by Gasteiger charge is -2.19. The molecule has 0 atom stereocenters. The van der Waals surface area contributed by atoms with Crippen molar-refractivity contribution in [1.29, 1.82) is 0 Å². The summed E-state index contributed by atoms with van der Waals surface area (Å²) in [6.45, 7) is 6.96. The molecular weight excluding hydrogens is 391 g/mol. The van der Waals surface area contributed by atoms with E-state index in [4.69, 9.17) is 4.74 Å². The Balaban J connectivity index is 1.82. The molecule has 0 aliphatic carbocycles. The first-order chi connectivity index (χ1) is 13.8. The number of ether oxygens (including phenoxy) is 1. The van der Waals surface area contributed by atoms with Gasteiger partial charge in [-0.2, -0.15) is 0 Å². The number of thiazole rings is 1. The summed E-state index contributed by atoms with van der Waals surface area (Å²) in [6, 6.07) is 9.63. The van der Waals surface area contributed by atoms with Crippen LogP contribution in [0.3, 0.4) is 0 Å². The molecule has 3 rings (SSSR count). The van der Waals surface area contributed by atoms with Crippen molar-refractivity contribution < 1.29 is 18.7 Å². The first-order valence-electron chi connectivity index (χ1n) is 9.02. The Hall–Kier alpha value is -3.06. The highest BCUT2D eigenvalue weighted by molar-refractivity contribution is 7.14. The monoisotopic (exact) mass is 412 g/mol. The molecule has 2 aromatic carbocycles. The number of ketones is 1. The third-order valence-corrected chi connectivity index (χ3v) is 5.37. The lowest BCUT2D eigenvalue weighted by atomic mass is 10.1. The molecule has 5 nitrogen and oxygen atoms in total. The summed E-state index contributed by atoms with van der Waals surface area (Å²) in [7, 11) is 0. The Labute approximate surface area is 172 Å². The standard InChI is InChI=1S/C22H21FN2O3S/c1-13-5-7-19(9-14(13)2)25(16(4)27)22-24-18(12-29-22)11-28-21-8-6-17(23)10-20(21)15(3)26/h5-10,12H,11H2,1-4H3. The predicted molar refractivity (Wildman–Crippen MR) is 112 cm³/mol. The molecule has 3 aromatic rings. The number of nitrogens with zero attached hydrogens (tertiary/aromatic N) is 2. The number of anilines is 2. The van der Waals surface area contributed by atoms with Gasteiger partial charge in [0.2, 0.25) is 5.91 Å². The fourth-order valence-corrected chi connectivity index (χ4v) is 3.68. The molecule has 29 heavy (non-hydrogen) atoms. The highest BCUT2D eigenvalue weighted by atomic mass is 32.1. The summed E-state index contributed by atoms with van der Waals surface area (Å²) in [6.07, 6.45) is 0. The Bertz CT molecular complexity index is 1080. The molecule has 1 amide bonds. The SMILES string of the molecule is CC(=O)c1cc(F)ccc1OCc1csc(N(C(C)=O)c2ccc(C)c(C)c2)n1. The summed E-state index contributed by atoms with van der Waals surface area (Å²) in [4.78, 5) is 30.0. The van der Waals surface area contributed by atoms with Crippen LogP contribution in [-0.2, 0) is 11.4 Å². The van der Waals surface area contributed by atoms with E-state index in [9.17, 15) is 14.0 Å². The minimum absolute atomic E-state index is 0.0983. The largest absolute Gasteiger partial charge is 0.487 e. The van der Waals surface area contributed by atoms with Crippen LogP contribution in [0.4, 0.5) is 15.2 Å². The third-order valence-electron chi connectivity index (χ3n) is 4.49. The van der Waals surface area contributed by atoms with Crippen LogP contribution in [0.5, 0.6) is 5.75 Å². The maximum atomic E-state index is 13.4. The number of carbonyl (C=O) groups excluding carboxylic acids is 2. The van der Waals surface area contributed by atoms with E-state index in [-0.39, 0.29) is 23.9 Å². The number of carbonyl (C=O) groups is 2. The summed E-state index contributed by atoms with van der Waals surface area (Å²) < 4.78 is 19.1. The molecular formula is C22H21FN2O3S. The average Bonchev–Trinajstić information content (AvgIpc) is 3.11. The van der Waals surface area contributed by atoms with Crippen LogP contribution in [0.1, 0.15) is 41.0 Å². The zero-order chi connectivity index (χ0) is 21.1. The number of hydrogen-bond acceptors (Lipinski definition) is 5. The van der Waals surface area contributed by atoms with Gasteiger partial charge in [-0.1, -0.05) is 6.07 Å². The van der Waals surface area contributed by atoms with Crippen molar-refractivity contribution >= 4 is 33.8 Å². The normalized spacial score (nSPS) is 10.7. The Morgan fingerprint density at radius 2 is 1.86 bits per heavy atom. The number of aryl methyl sites for hydroxylation is 2. The maximum absolute atomic E-state index is 13.4. The summed E-state index contributed by atoms with van der Waals surface area (Å²) >= 11 is 1.33. The smallest absolute Gasteiger partial charge is 0.230 e. The molecule has 0 aliphatic heterocycles. The molecule has 0 unspecified atom stereocenters. The molecule has 1 heterocycles. The molecule has 1 aromatic heterocycles. The van der Waals surface area contributed by atoms with E-state index in [1.807, 2.05) is 32.0 Å². The van der Waals surface area contributed by atoms with E-state index in [1.54, 1.807) is 10.3 Å². The topological polar surface area (TPSA) is 59.5 Å². The first kappa shape index (κ1) is 20.7. The van der Waals surface area contributed by atoms with Crippen molar-refractivity contribution in [2.24, 2.45) is 0 Å². The minimum atomic E-state index is -0.496. The first-order valence-corrected chi connectivity index (χ1v) is 9.90. The van der Waals surface area contributed by atoms with Crippen LogP contribution in [-0.4, -0.2) is 16.7 Å². The third kappa shape index (κ3) is 4.68. The summed E-state index contributed by atoms with van der Waals surface area (Å²) in [5.74, 6) is -0.626. The van der Waals surface area contributed by atoms with Crippen molar-refractivity contribution in [1.82, 2.24) is 4.98 Å². The lowest BCUT2D eigenvalue weighted by molar-refractivity contribution is -0.115. The highest BCUT2D eigenvalue weighted by Gasteiger charge is 2.19. The van der Waals surface area contributed by atoms with Crippen molar-refractivity contribution in [3.63, 3.8) is 0 Å². The van der Waals surface area contributed by atoms with Gasteiger partial charge < -0.3 is 4.74 Å². The molecule has 0 aliphatic rings. The van der Waals surface area contributed by atoms with E-state index < -0.39 is 5.82 Å². The van der Waals surface area contributed by atoms with Gasteiger partial charge in [0.05, 0.1) is 16.9 Å². The lowest BCUT2D eigenvalue weighted by Crippen LogP contribution is -2.22. The number of hydrogen-bond donors (Lipinski definition) is 0. The number of benzene rings is 2. The van der Waals surface area contributed by atoms with Gasteiger partial charge in [-0.15, -0.1) is 11.3 Å². The molecule has 0 N–H and O–H groups in total. The van der Waals surface area contributed by atoms with Crippen molar-refractivity contribution in [3.8, 4) is 5.75 Å². The summed E-state index contributed by atoms with van der Waals surface area (Å²) in [5.41, 5.74) is 3.77. The molecule has 0 spiro atoms. The van der Waals surface area contributed by atoms with Crippen LogP contribution < -0.4 is 9.64 Å². The minimum Gasteiger partial charge on any atom is -0.487 e. The van der Waals surface area contributed by atoms with Gasteiger partial charge in [0.25, 0.3) is 0 Å². The van der Waals surface area contributed by atoms with Gasteiger partial charge in [-0.05, 0) is 62.2 Å². The van der Waals surface area contributed by atoms with E-state index in [0.717, 1.165) is 22.9 Å². The second kappa shape index (κ2) is 8.53. The fourth-order valence-electron chi connectivity index (χ4n) is 2.81. The second-order valence-corrected chi connectivity index (χ2v) is 7.57. The zero-order valence-electron chi connectivity index (χ0n) is 16.7. The Morgan fingerprint density at radius 1 is 1.10 bits per heavy atom. The Morgan fingerprint density at radius 3 is 2.52 bits per heavy atom. The quantitative estimate of drug-likeness (QED) is 0.511. The average molecular weight is 412 g/mol. The van der Waals surface area contributed by atoms with E-state index in [1.165, 1.54) is 37.3 Å². The van der Waals surface area contributed by atoms with Gasteiger partial charge in [-0.3, -0.25) is 14.5 Å². The van der Waals surface area contributed by atoms with E-state index in [2.05, 4.69) is 4.98 Å². The fraction of sp³-hybridized carbons (Fsp3) is 0.227. The molecule has 7 heteroatoms.